The Kier molecular flexibility index (Phi) is 14.4. The molecule has 1 aromatic heterocycles. The van der Waals surface area contributed by atoms with Gasteiger partial charge >= 0.3 is 5.97 Å². The van der Waals surface area contributed by atoms with Crippen molar-refractivity contribution >= 4 is 11.8 Å². The molecule has 1 saturated carbocycles. The molecule has 0 aliphatic heterocycles. The minimum atomic E-state index is -1.43. The number of aromatic nitrogens is 1. The number of nitrogen functional groups attached to an aromatic ring is 1. The number of nitrogens with zero attached hydrogens (tertiary/aromatic N) is 1. The summed E-state index contributed by atoms with van der Waals surface area (Å²) >= 11 is 0. The van der Waals surface area contributed by atoms with Gasteiger partial charge in [-0.2, -0.15) is 0 Å². The van der Waals surface area contributed by atoms with Crippen LogP contribution in [0.2, 0.25) is 0 Å². The highest BCUT2D eigenvalue weighted by atomic mass is 16.4. The topological polar surface area (TPSA) is 169 Å². The van der Waals surface area contributed by atoms with Crippen LogP contribution < -0.4 is 11.1 Å². The van der Waals surface area contributed by atoms with Gasteiger partial charge in [0.1, 0.15) is 5.82 Å². The van der Waals surface area contributed by atoms with Crippen molar-refractivity contribution < 1.29 is 30.3 Å². The van der Waals surface area contributed by atoms with Crippen LogP contribution in [0.5, 0.6) is 0 Å². The van der Waals surface area contributed by atoms with Gasteiger partial charge in [-0.15, -0.1) is 0 Å². The zero-order chi connectivity index (χ0) is 31.4. The molecule has 9 nitrogen and oxygen atoms in total. The second kappa shape index (κ2) is 17.4. The highest BCUT2D eigenvalue weighted by Crippen LogP contribution is 2.43. The van der Waals surface area contributed by atoms with E-state index in [9.17, 15) is 30.3 Å². The summed E-state index contributed by atoms with van der Waals surface area (Å²) in [6.07, 6.45) is 14.4. The van der Waals surface area contributed by atoms with E-state index in [-0.39, 0.29) is 24.4 Å². The van der Waals surface area contributed by atoms with E-state index < -0.39 is 35.6 Å². The highest BCUT2D eigenvalue weighted by Gasteiger charge is 2.51. The zero-order valence-electron chi connectivity index (χ0n) is 26.3. The molecule has 1 heterocycles. The molecule has 9 heteroatoms. The first kappa shape index (κ1) is 35.4. The van der Waals surface area contributed by atoms with Crippen LogP contribution in [0.3, 0.4) is 0 Å². The number of unbranched alkanes of at least 4 members (excludes halogenated alkanes) is 4. The average molecular weight is 604 g/mol. The van der Waals surface area contributed by atoms with E-state index in [0.29, 0.717) is 50.4 Å². The minimum absolute atomic E-state index is 0.0260. The molecule has 1 fully saturated rings. The van der Waals surface area contributed by atoms with Crippen molar-refractivity contribution in [3.63, 3.8) is 0 Å². The summed E-state index contributed by atoms with van der Waals surface area (Å²) in [6, 6.07) is 3.68. The minimum Gasteiger partial charge on any atom is -0.481 e. The normalized spacial score (nSPS) is 29.4. The molecular weight excluding hydrogens is 546 g/mol. The van der Waals surface area contributed by atoms with Gasteiger partial charge < -0.3 is 36.6 Å². The van der Waals surface area contributed by atoms with Gasteiger partial charge in [0.2, 0.25) is 0 Å². The maximum atomic E-state index is 12.2. The third-order valence-corrected chi connectivity index (χ3v) is 9.98. The fraction of sp³-hybridized carbons (Fsp3) is 0.765. The van der Waals surface area contributed by atoms with E-state index in [1.165, 1.54) is 19.3 Å². The molecule has 0 amide bonds. The molecule has 0 spiro atoms. The Bertz CT molecular complexity index is 1010. The molecule has 2 aliphatic carbocycles. The van der Waals surface area contributed by atoms with Crippen molar-refractivity contribution in [3.8, 4) is 0 Å². The Labute approximate surface area is 258 Å². The summed E-state index contributed by atoms with van der Waals surface area (Å²) < 4.78 is 0. The van der Waals surface area contributed by atoms with Crippen molar-refractivity contribution in [2.45, 2.75) is 121 Å². The van der Waals surface area contributed by atoms with E-state index in [1.54, 1.807) is 19.3 Å². The van der Waals surface area contributed by atoms with E-state index in [2.05, 4.69) is 29.4 Å². The Morgan fingerprint density at radius 1 is 1.14 bits per heavy atom. The number of aliphatic hydroxyl groups is 4. The first-order valence-corrected chi connectivity index (χ1v) is 16.6. The van der Waals surface area contributed by atoms with Crippen LogP contribution in [0.25, 0.3) is 0 Å². The van der Waals surface area contributed by atoms with Crippen molar-refractivity contribution in [2.24, 2.45) is 29.6 Å². The van der Waals surface area contributed by atoms with Crippen LogP contribution >= 0.6 is 0 Å². The van der Waals surface area contributed by atoms with Gasteiger partial charge in [0.25, 0.3) is 0 Å². The number of hydrogen-bond donors (Lipinski definition) is 7. The van der Waals surface area contributed by atoms with Gasteiger partial charge in [0, 0.05) is 24.6 Å². The molecule has 2 aliphatic rings. The number of allylic oxidation sites excluding steroid dienone is 1. The molecule has 0 aromatic carbocycles. The average Bonchev–Trinajstić information content (AvgIpc) is 3.24. The molecule has 0 unspecified atom stereocenters. The molecule has 244 valence electrons. The summed E-state index contributed by atoms with van der Waals surface area (Å²) in [5.41, 5.74) is 5.38. The lowest BCUT2D eigenvalue weighted by molar-refractivity contribution is -0.148. The Morgan fingerprint density at radius 3 is 2.58 bits per heavy atom. The lowest BCUT2D eigenvalue weighted by Crippen LogP contribution is -2.50. The summed E-state index contributed by atoms with van der Waals surface area (Å²) in [5.74, 6) is -1.41. The molecule has 3 rings (SSSR count). The maximum Gasteiger partial charge on any atom is 0.309 e. The SMILES string of the molecule is CCCCC[C@@H]1C=C[C@@H](CCCCC[C@H](C(=O)O)[C@H](O)C[C@@H](CNC)[C@]2(O)C[C@H](Cc3ccnc(N)c3)C[C@H]2O)[C@H](O)C1. The van der Waals surface area contributed by atoms with Crippen LogP contribution in [0.4, 0.5) is 5.82 Å². The molecule has 0 bridgehead atoms. The highest BCUT2D eigenvalue weighted by molar-refractivity contribution is 5.70. The van der Waals surface area contributed by atoms with Crippen molar-refractivity contribution in [2.75, 3.05) is 19.3 Å². The number of nitrogens with one attached hydrogen (secondary N) is 1. The Hall–Kier alpha value is -2.04. The van der Waals surface area contributed by atoms with E-state index >= 15 is 0 Å². The molecule has 0 saturated heterocycles. The smallest absolute Gasteiger partial charge is 0.309 e. The standard InChI is InChI=1S/C34H57N3O6/c1-3-4-6-9-23-12-13-26(29(38)17-23)10-7-5-8-11-28(33(41)42)30(39)20-27(22-36-2)34(43)21-25(18-31(34)40)16-24-14-15-37-32(35)19-24/h12-15,19,23,25-31,36,38-40,43H,3-11,16-18,20-22H2,1-2H3,(H2,35,37)(H,41,42)/t23-,25-,26-,27+,28+,29-,30-,31-,34-/m1/s1. The number of anilines is 1. The monoisotopic (exact) mass is 603 g/mol. The van der Waals surface area contributed by atoms with E-state index in [4.69, 9.17) is 5.73 Å². The van der Waals surface area contributed by atoms with Crippen molar-refractivity contribution in [1.29, 1.82) is 0 Å². The summed E-state index contributed by atoms with van der Waals surface area (Å²) in [7, 11) is 1.75. The maximum absolute atomic E-state index is 12.2. The number of rotatable bonds is 19. The number of aliphatic hydroxyl groups excluding tert-OH is 3. The third-order valence-electron chi connectivity index (χ3n) is 9.98. The molecule has 43 heavy (non-hydrogen) atoms. The number of aliphatic carboxylic acids is 1. The second-order valence-electron chi connectivity index (χ2n) is 13.4. The summed E-state index contributed by atoms with van der Waals surface area (Å²) in [6.45, 7) is 2.55. The predicted octanol–water partition coefficient (Wildman–Crippen LogP) is 4.08. The Morgan fingerprint density at radius 2 is 1.91 bits per heavy atom. The molecule has 8 N–H and O–H groups in total. The number of nitrogens with two attached hydrogens (primary N) is 1. The number of carboxylic acids is 1. The summed E-state index contributed by atoms with van der Waals surface area (Å²) in [4.78, 5) is 16.2. The van der Waals surface area contributed by atoms with E-state index in [1.807, 2.05) is 6.07 Å². The van der Waals surface area contributed by atoms with E-state index in [0.717, 1.165) is 37.7 Å². The first-order valence-electron chi connectivity index (χ1n) is 16.6. The largest absolute Gasteiger partial charge is 0.481 e. The predicted molar refractivity (Wildman–Crippen MR) is 169 cm³/mol. The van der Waals surface area contributed by atoms with Gasteiger partial charge in [0.05, 0.1) is 29.8 Å². The molecular formula is C34H57N3O6. The fourth-order valence-corrected chi connectivity index (χ4v) is 7.47. The van der Waals surface area contributed by atoms with Crippen LogP contribution in [-0.4, -0.2) is 74.0 Å². The van der Waals surface area contributed by atoms with Crippen molar-refractivity contribution in [3.05, 3.63) is 36.0 Å². The van der Waals surface area contributed by atoms with Crippen LogP contribution in [0, 0.1) is 29.6 Å². The first-order chi connectivity index (χ1) is 20.6. The van der Waals surface area contributed by atoms with Gasteiger partial charge in [-0.05, 0) is 87.9 Å². The lowest BCUT2D eigenvalue weighted by atomic mass is 9.77. The third kappa shape index (κ3) is 10.5. The number of hydrogen-bond acceptors (Lipinski definition) is 8. The number of carboxylic acid groups (broad SMARTS) is 1. The van der Waals surface area contributed by atoms with Gasteiger partial charge in [0.15, 0.2) is 0 Å². The van der Waals surface area contributed by atoms with Crippen molar-refractivity contribution in [1.82, 2.24) is 10.3 Å². The van der Waals surface area contributed by atoms with Gasteiger partial charge in [-0.25, -0.2) is 4.98 Å². The van der Waals surface area contributed by atoms with Gasteiger partial charge in [-0.1, -0.05) is 57.6 Å². The quantitative estimate of drug-likeness (QED) is 0.0910. The molecule has 9 atom stereocenters. The van der Waals surface area contributed by atoms with Gasteiger partial charge in [-0.3, -0.25) is 4.79 Å². The molecule has 1 aromatic rings. The molecule has 0 radical (unpaired) electrons. The second-order valence-corrected chi connectivity index (χ2v) is 13.4. The van der Waals surface area contributed by atoms with Crippen LogP contribution in [0.15, 0.2) is 30.5 Å². The van der Waals surface area contributed by atoms with Crippen LogP contribution in [0.1, 0.15) is 96.0 Å². The summed E-state index contributed by atoms with van der Waals surface area (Å²) in [5, 5.41) is 57.4. The zero-order valence-corrected chi connectivity index (χ0v) is 26.3. The number of pyridine rings is 1. The lowest BCUT2D eigenvalue weighted by Gasteiger charge is -2.37. The number of carbonyl (C=O) groups is 1. The van der Waals surface area contributed by atoms with Crippen LogP contribution in [-0.2, 0) is 11.2 Å². The Balaban J connectivity index is 1.48. The fourth-order valence-electron chi connectivity index (χ4n) is 7.47.